The average Bonchev–Trinajstić information content (AvgIpc) is 2.56. The van der Waals surface area contributed by atoms with Crippen LogP contribution in [0.1, 0.15) is 5.56 Å². The summed E-state index contributed by atoms with van der Waals surface area (Å²) in [6.07, 6.45) is 0. The number of para-hydroxylation sites is 1. The molecule has 1 heterocycles. The molecule has 0 aliphatic carbocycles. The van der Waals surface area contributed by atoms with Crippen molar-refractivity contribution in [2.75, 3.05) is 36.0 Å². The minimum absolute atomic E-state index is 0.317. The summed E-state index contributed by atoms with van der Waals surface area (Å²) in [6, 6.07) is 16.9. The Morgan fingerprint density at radius 1 is 0.905 bits per heavy atom. The lowest BCUT2D eigenvalue weighted by atomic mass is 10.1. The Morgan fingerprint density at radius 2 is 1.57 bits per heavy atom. The second-order valence-electron chi connectivity index (χ2n) is 5.09. The molecule has 1 aliphatic heterocycles. The van der Waals surface area contributed by atoms with E-state index in [0.717, 1.165) is 26.2 Å². The molecule has 0 atom stereocenters. The van der Waals surface area contributed by atoms with Gasteiger partial charge in [-0.15, -0.1) is 0 Å². The SMILES string of the molecule is N#Cc1ccc(N2CCN(c3ccccc3)CC2)c(F)c1. The van der Waals surface area contributed by atoms with Crippen LogP contribution in [0.3, 0.4) is 0 Å². The fourth-order valence-electron chi connectivity index (χ4n) is 2.68. The van der Waals surface area contributed by atoms with Gasteiger partial charge in [-0.2, -0.15) is 5.26 Å². The number of halogens is 1. The zero-order valence-corrected chi connectivity index (χ0v) is 11.7. The summed E-state index contributed by atoms with van der Waals surface area (Å²) in [7, 11) is 0. The first-order valence-electron chi connectivity index (χ1n) is 7.02. The Hall–Kier alpha value is -2.54. The molecule has 1 aliphatic rings. The van der Waals surface area contributed by atoms with Gasteiger partial charge in [0.1, 0.15) is 5.82 Å². The van der Waals surface area contributed by atoms with E-state index in [2.05, 4.69) is 17.0 Å². The van der Waals surface area contributed by atoms with Crippen molar-refractivity contribution in [3.05, 3.63) is 59.9 Å². The van der Waals surface area contributed by atoms with Crippen LogP contribution < -0.4 is 9.80 Å². The molecule has 2 aromatic rings. The summed E-state index contributed by atoms with van der Waals surface area (Å²) < 4.78 is 14.0. The van der Waals surface area contributed by atoms with Gasteiger partial charge >= 0.3 is 0 Å². The van der Waals surface area contributed by atoms with E-state index in [1.807, 2.05) is 29.2 Å². The molecule has 106 valence electrons. The van der Waals surface area contributed by atoms with Crippen LogP contribution in [0.2, 0.25) is 0 Å². The second-order valence-corrected chi connectivity index (χ2v) is 5.09. The van der Waals surface area contributed by atoms with E-state index in [1.165, 1.54) is 11.8 Å². The molecule has 0 spiro atoms. The van der Waals surface area contributed by atoms with Gasteiger partial charge < -0.3 is 9.80 Å². The van der Waals surface area contributed by atoms with Crippen LogP contribution in [-0.4, -0.2) is 26.2 Å². The average molecular weight is 281 g/mol. The molecular weight excluding hydrogens is 265 g/mol. The van der Waals surface area contributed by atoms with Gasteiger partial charge in [0, 0.05) is 31.9 Å². The van der Waals surface area contributed by atoms with Gasteiger partial charge in [0.2, 0.25) is 0 Å². The van der Waals surface area contributed by atoms with Gasteiger partial charge in [-0.1, -0.05) is 18.2 Å². The van der Waals surface area contributed by atoms with Crippen molar-refractivity contribution in [2.45, 2.75) is 0 Å². The molecule has 0 saturated carbocycles. The third kappa shape index (κ3) is 2.82. The highest BCUT2D eigenvalue weighted by Gasteiger charge is 2.19. The molecule has 0 unspecified atom stereocenters. The van der Waals surface area contributed by atoms with Gasteiger partial charge in [-0.25, -0.2) is 4.39 Å². The minimum Gasteiger partial charge on any atom is -0.368 e. The van der Waals surface area contributed by atoms with E-state index in [9.17, 15) is 4.39 Å². The van der Waals surface area contributed by atoms with Gasteiger partial charge in [0.15, 0.2) is 0 Å². The van der Waals surface area contributed by atoms with Crippen LogP contribution in [0.5, 0.6) is 0 Å². The van der Waals surface area contributed by atoms with Crippen LogP contribution in [-0.2, 0) is 0 Å². The first-order chi connectivity index (χ1) is 10.3. The van der Waals surface area contributed by atoms with Crippen molar-refractivity contribution < 1.29 is 4.39 Å². The molecule has 0 N–H and O–H groups in total. The van der Waals surface area contributed by atoms with Crippen LogP contribution in [0.15, 0.2) is 48.5 Å². The van der Waals surface area contributed by atoms with Gasteiger partial charge in [-0.3, -0.25) is 0 Å². The molecule has 0 amide bonds. The van der Waals surface area contributed by atoms with Crippen molar-refractivity contribution in [3.63, 3.8) is 0 Å². The number of rotatable bonds is 2. The standard InChI is InChI=1S/C17H16FN3/c18-16-12-14(13-19)6-7-17(16)21-10-8-20(9-11-21)15-4-2-1-3-5-15/h1-7,12H,8-11H2. The fourth-order valence-corrected chi connectivity index (χ4v) is 2.68. The zero-order valence-electron chi connectivity index (χ0n) is 11.7. The maximum Gasteiger partial charge on any atom is 0.147 e. The highest BCUT2D eigenvalue weighted by Crippen LogP contribution is 2.23. The Kier molecular flexibility index (Phi) is 3.74. The maximum absolute atomic E-state index is 14.0. The summed E-state index contributed by atoms with van der Waals surface area (Å²) in [5.41, 5.74) is 2.15. The van der Waals surface area contributed by atoms with Crippen molar-refractivity contribution in [3.8, 4) is 6.07 Å². The molecule has 0 radical (unpaired) electrons. The monoisotopic (exact) mass is 281 g/mol. The number of hydrogen-bond acceptors (Lipinski definition) is 3. The van der Waals surface area contributed by atoms with Crippen molar-refractivity contribution >= 4 is 11.4 Å². The Balaban J connectivity index is 1.70. The third-order valence-electron chi connectivity index (χ3n) is 3.82. The molecule has 3 nitrogen and oxygen atoms in total. The van der Waals surface area contributed by atoms with Crippen molar-refractivity contribution in [1.82, 2.24) is 0 Å². The largest absolute Gasteiger partial charge is 0.368 e. The quantitative estimate of drug-likeness (QED) is 0.847. The van der Waals surface area contributed by atoms with Crippen LogP contribution in [0, 0.1) is 17.1 Å². The predicted molar refractivity (Wildman–Crippen MR) is 82.0 cm³/mol. The summed E-state index contributed by atoms with van der Waals surface area (Å²) in [6.45, 7) is 3.28. The molecule has 1 fully saturated rings. The van der Waals surface area contributed by atoms with Gasteiger partial charge in [0.05, 0.1) is 17.3 Å². The number of nitrogens with zero attached hydrogens (tertiary/aromatic N) is 3. The summed E-state index contributed by atoms with van der Waals surface area (Å²) in [5, 5.41) is 8.79. The Labute approximate surface area is 123 Å². The minimum atomic E-state index is -0.317. The maximum atomic E-state index is 14.0. The van der Waals surface area contributed by atoms with E-state index in [1.54, 1.807) is 12.1 Å². The molecule has 3 rings (SSSR count). The number of hydrogen-bond donors (Lipinski definition) is 0. The third-order valence-corrected chi connectivity index (χ3v) is 3.82. The molecule has 0 aromatic heterocycles. The highest BCUT2D eigenvalue weighted by atomic mass is 19.1. The van der Waals surface area contributed by atoms with Crippen LogP contribution >= 0.6 is 0 Å². The van der Waals surface area contributed by atoms with Crippen LogP contribution in [0.25, 0.3) is 0 Å². The van der Waals surface area contributed by atoms with Gasteiger partial charge in [0.25, 0.3) is 0 Å². The normalized spacial score (nSPS) is 14.9. The summed E-state index contributed by atoms with van der Waals surface area (Å²) in [5.74, 6) is -0.317. The molecule has 0 bridgehead atoms. The highest BCUT2D eigenvalue weighted by molar-refractivity contribution is 5.54. The number of benzene rings is 2. The van der Waals surface area contributed by atoms with E-state index in [0.29, 0.717) is 11.3 Å². The fraction of sp³-hybridized carbons (Fsp3) is 0.235. The summed E-state index contributed by atoms with van der Waals surface area (Å²) >= 11 is 0. The van der Waals surface area contributed by atoms with E-state index >= 15 is 0 Å². The smallest absolute Gasteiger partial charge is 0.147 e. The zero-order chi connectivity index (χ0) is 14.7. The van der Waals surface area contributed by atoms with Crippen molar-refractivity contribution in [2.24, 2.45) is 0 Å². The lowest BCUT2D eigenvalue weighted by molar-refractivity contribution is 0.597. The predicted octanol–water partition coefficient (Wildman–Crippen LogP) is 3.02. The van der Waals surface area contributed by atoms with E-state index < -0.39 is 0 Å². The topological polar surface area (TPSA) is 30.3 Å². The number of nitriles is 1. The molecule has 1 saturated heterocycles. The number of piperazine rings is 1. The molecule has 2 aromatic carbocycles. The summed E-state index contributed by atoms with van der Waals surface area (Å²) in [4.78, 5) is 4.34. The lowest BCUT2D eigenvalue weighted by Gasteiger charge is -2.37. The molecule has 21 heavy (non-hydrogen) atoms. The number of anilines is 2. The molecular formula is C17H16FN3. The Bertz CT molecular complexity index is 655. The van der Waals surface area contributed by atoms with Crippen molar-refractivity contribution in [1.29, 1.82) is 5.26 Å². The lowest BCUT2D eigenvalue weighted by Crippen LogP contribution is -2.46. The van der Waals surface area contributed by atoms with Gasteiger partial charge in [-0.05, 0) is 30.3 Å². The van der Waals surface area contributed by atoms with E-state index in [4.69, 9.17) is 5.26 Å². The second kappa shape index (κ2) is 5.84. The first kappa shape index (κ1) is 13.4. The first-order valence-corrected chi connectivity index (χ1v) is 7.02. The Morgan fingerprint density at radius 3 is 2.19 bits per heavy atom. The van der Waals surface area contributed by atoms with Crippen LogP contribution in [0.4, 0.5) is 15.8 Å². The molecule has 4 heteroatoms. The van der Waals surface area contributed by atoms with E-state index in [-0.39, 0.29) is 5.82 Å².